The van der Waals surface area contributed by atoms with Gasteiger partial charge in [-0.1, -0.05) is 64.5 Å². The minimum Gasteiger partial charge on any atom is -0.322 e. The maximum absolute atomic E-state index is 12.6. The summed E-state index contributed by atoms with van der Waals surface area (Å²) < 4.78 is 0.937. The first-order chi connectivity index (χ1) is 11.7. The topological polar surface area (TPSA) is 29.1 Å². The van der Waals surface area contributed by atoms with Gasteiger partial charge >= 0.3 is 0 Å². The Morgan fingerprint density at radius 1 is 0.917 bits per heavy atom. The van der Waals surface area contributed by atoms with Gasteiger partial charge in [-0.05, 0) is 35.9 Å². The van der Waals surface area contributed by atoms with E-state index in [0.717, 1.165) is 20.8 Å². The van der Waals surface area contributed by atoms with E-state index in [1.807, 2.05) is 66.7 Å². The first kappa shape index (κ1) is 16.8. The summed E-state index contributed by atoms with van der Waals surface area (Å²) in [5, 5.41) is 2.96. The molecule has 0 aliphatic rings. The minimum atomic E-state index is -0.0933. The lowest BCUT2D eigenvalue weighted by atomic mass is 10.2. The van der Waals surface area contributed by atoms with Crippen LogP contribution in [0.5, 0.6) is 0 Å². The SMILES string of the molecule is O=C(Nc1cccc(Br)c1)c1ccccc1SCc1ccccc1. The molecule has 24 heavy (non-hydrogen) atoms. The van der Waals surface area contributed by atoms with Gasteiger partial charge in [-0.3, -0.25) is 4.79 Å². The molecule has 0 aromatic heterocycles. The fourth-order valence-electron chi connectivity index (χ4n) is 2.28. The van der Waals surface area contributed by atoms with Crippen molar-refractivity contribution in [1.82, 2.24) is 0 Å². The van der Waals surface area contributed by atoms with Crippen LogP contribution in [0.1, 0.15) is 15.9 Å². The van der Waals surface area contributed by atoms with E-state index in [0.29, 0.717) is 5.56 Å². The van der Waals surface area contributed by atoms with E-state index >= 15 is 0 Å². The van der Waals surface area contributed by atoms with E-state index in [1.165, 1.54) is 5.56 Å². The molecule has 0 aliphatic carbocycles. The average molecular weight is 398 g/mol. The molecule has 1 N–H and O–H groups in total. The smallest absolute Gasteiger partial charge is 0.256 e. The molecule has 3 aromatic carbocycles. The Balaban J connectivity index is 1.74. The largest absolute Gasteiger partial charge is 0.322 e. The highest BCUT2D eigenvalue weighted by molar-refractivity contribution is 9.10. The lowest BCUT2D eigenvalue weighted by Gasteiger charge is -2.10. The molecule has 0 unspecified atom stereocenters. The van der Waals surface area contributed by atoms with Crippen LogP contribution in [0.25, 0.3) is 0 Å². The van der Waals surface area contributed by atoms with Crippen LogP contribution in [0, 0.1) is 0 Å². The first-order valence-corrected chi connectivity index (χ1v) is 9.33. The predicted molar refractivity (Wildman–Crippen MR) is 105 cm³/mol. The highest BCUT2D eigenvalue weighted by Crippen LogP contribution is 2.27. The maximum Gasteiger partial charge on any atom is 0.256 e. The Bertz CT molecular complexity index is 836. The highest BCUT2D eigenvalue weighted by Gasteiger charge is 2.12. The van der Waals surface area contributed by atoms with Crippen LogP contribution in [-0.4, -0.2) is 5.91 Å². The number of halogens is 1. The Morgan fingerprint density at radius 2 is 1.67 bits per heavy atom. The molecule has 0 spiro atoms. The summed E-state index contributed by atoms with van der Waals surface area (Å²) in [4.78, 5) is 13.6. The van der Waals surface area contributed by atoms with Crippen LogP contribution in [0.15, 0.2) is 88.2 Å². The van der Waals surface area contributed by atoms with Gasteiger partial charge in [-0.2, -0.15) is 0 Å². The molecule has 0 saturated heterocycles. The fraction of sp³-hybridized carbons (Fsp3) is 0.0500. The number of thioether (sulfide) groups is 1. The van der Waals surface area contributed by atoms with Crippen molar-refractivity contribution in [3.05, 3.63) is 94.5 Å². The standard InChI is InChI=1S/C20H16BrNOS/c21-16-9-6-10-17(13-16)22-20(23)18-11-4-5-12-19(18)24-14-15-7-2-1-3-8-15/h1-13H,14H2,(H,22,23). The van der Waals surface area contributed by atoms with Gasteiger partial charge in [0.1, 0.15) is 0 Å². The zero-order valence-electron chi connectivity index (χ0n) is 12.9. The van der Waals surface area contributed by atoms with Gasteiger partial charge in [0.2, 0.25) is 0 Å². The van der Waals surface area contributed by atoms with Crippen molar-refractivity contribution in [2.75, 3.05) is 5.32 Å². The van der Waals surface area contributed by atoms with E-state index in [-0.39, 0.29) is 5.91 Å². The fourth-order valence-corrected chi connectivity index (χ4v) is 3.68. The molecule has 0 aliphatic heterocycles. The van der Waals surface area contributed by atoms with Crippen LogP contribution < -0.4 is 5.32 Å². The Hall–Kier alpha value is -2.04. The highest BCUT2D eigenvalue weighted by atomic mass is 79.9. The summed E-state index contributed by atoms with van der Waals surface area (Å²) in [5.41, 5.74) is 2.71. The van der Waals surface area contributed by atoms with Crippen LogP contribution in [0.2, 0.25) is 0 Å². The molecule has 0 bridgehead atoms. The van der Waals surface area contributed by atoms with Gasteiger partial charge in [-0.15, -0.1) is 11.8 Å². The Kier molecular flexibility index (Phi) is 5.72. The number of rotatable bonds is 5. The minimum absolute atomic E-state index is 0.0933. The zero-order valence-corrected chi connectivity index (χ0v) is 15.3. The van der Waals surface area contributed by atoms with Gasteiger partial charge < -0.3 is 5.32 Å². The van der Waals surface area contributed by atoms with Crippen LogP contribution in [-0.2, 0) is 5.75 Å². The average Bonchev–Trinajstić information content (AvgIpc) is 2.61. The molecule has 0 heterocycles. The molecule has 0 radical (unpaired) electrons. The quantitative estimate of drug-likeness (QED) is 0.535. The number of carbonyl (C=O) groups excluding carboxylic acids is 1. The van der Waals surface area contributed by atoms with Gasteiger partial charge in [0.15, 0.2) is 0 Å². The zero-order chi connectivity index (χ0) is 16.8. The molecule has 3 aromatic rings. The van der Waals surface area contributed by atoms with Gasteiger partial charge in [-0.25, -0.2) is 0 Å². The van der Waals surface area contributed by atoms with Crippen molar-refractivity contribution in [3.63, 3.8) is 0 Å². The normalized spacial score (nSPS) is 10.4. The van der Waals surface area contributed by atoms with Crippen molar-refractivity contribution in [2.45, 2.75) is 10.6 Å². The number of benzene rings is 3. The van der Waals surface area contributed by atoms with Gasteiger partial charge in [0, 0.05) is 20.8 Å². The third-order valence-corrected chi connectivity index (χ3v) is 5.09. The Labute approximate surface area is 154 Å². The van der Waals surface area contributed by atoms with Crippen molar-refractivity contribution in [1.29, 1.82) is 0 Å². The maximum atomic E-state index is 12.6. The summed E-state index contributed by atoms with van der Waals surface area (Å²) in [6.45, 7) is 0. The molecule has 120 valence electrons. The van der Waals surface area contributed by atoms with E-state index in [2.05, 4.69) is 33.4 Å². The van der Waals surface area contributed by atoms with E-state index in [1.54, 1.807) is 11.8 Å². The molecule has 1 amide bonds. The second-order valence-electron chi connectivity index (χ2n) is 5.23. The number of carbonyl (C=O) groups is 1. The summed E-state index contributed by atoms with van der Waals surface area (Å²) in [6, 6.07) is 25.6. The molecule has 0 saturated carbocycles. The second-order valence-corrected chi connectivity index (χ2v) is 7.17. The van der Waals surface area contributed by atoms with Crippen LogP contribution in [0.3, 0.4) is 0 Å². The van der Waals surface area contributed by atoms with Crippen molar-refractivity contribution in [3.8, 4) is 0 Å². The monoisotopic (exact) mass is 397 g/mol. The Morgan fingerprint density at radius 3 is 2.46 bits per heavy atom. The lowest BCUT2D eigenvalue weighted by Crippen LogP contribution is -2.12. The van der Waals surface area contributed by atoms with Crippen LogP contribution >= 0.6 is 27.7 Å². The summed E-state index contributed by atoms with van der Waals surface area (Å²) in [5.74, 6) is 0.742. The third kappa shape index (κ3) is 4.49. The van der Waals surface area contributed by atoms with Gasteiger partial charge in [0.25, 0.3) is 5.91 Å². The molecular weight excluding hydrogens is 382 g/mol. The summed E-state index contributed by atoms with van der Waals surface area (Å²) in [6.07, 6.45) is 0. The molecular formula is C20H16BrNOS. The number of hydrogen-bond donors (Lipinski definition) is 1. The summed E-state index contributed by atoms with van der Waals surface area (Å²) in [7, 11) is 0. The van der Waals surface area contributed by atoms with Crippen LogP contribution in [0.4, 0.5) is 5.69 Å². The molecule has 3 rings (SSSR count). The molecule has 2 nitrogen and oxygen atoms in total. The number of amides is 1. The summed E-state index contributed by atoms with van der Waals surface area (Å²) >= 11 is 5.09. The first-order valence-electron chi connectivity index (χ1n) is 7.55. The second kappa shape index (κ2) is 8.18. The number of hydrogen-bond acceptors (Lipinski definition) is 2. The van der Waals surface area contributed by atoms with Crippen molar-refractivity contribution in [2.24, 2.45) is 0 Å². The predicted octanol–water partition coefficient (Wildman–Crippen LogP) is 5.99. The molecule has 4 heteroatoms. The van der Waals surface area contributed by atoms with Gasteiger partial charge in [0.05, 0.1) is 5.56 Å². The lowest BCUT2D eigenvalue weighted by molar-refractivity contribution is 0.102. The third-order valence-electron chi connectivity index (χ3n) is 3.45. The van der Waals surface area contributed by atoms with E-state index in [9.17, 15) is 4.79 Å². The van der Waals surface area contributed by atoms with E-state index in [4.69, 9.17) is 0 Å². The van der Waals surface area contributed by atoms with Crippen molar-refractivity contribution < 1.29 is 4.79 Å². The van der Waals surface area contributed by atoms with E-state index < -0.39 is 0 Å². The number of anilines is 1. The number of nitrogens with one attached hydrogen (secondary N) is 1. The van der Waals surface area contributed by atoms with Crippen molar-refractivity contribution >= 4 is 39.3 Å². The molecule has 0 fully saturated rings. The molecule has 0 atom stereocenters.